The summed E-state index contributed by atoms with van der Waals surface area (Å²) in [4.78, 5) is 0. The molecule has 0 saturated heterocycles. The van der Waals surface area contributed by atoms with E-state index in [1.807, 2.05) is 41.2 Å². The van der Waals surface area contributed by atoms with Crippen LogP contribution in [0.1, 0.15) is 32.4 Å². The Kier molecular flexibility index (Phi) is 4.57. The lowest BCUT2D eigenvalue weighted by Crippen LogP contribution is -2.37. The van der Waals surface area contributed by atoms with Crippen molar-refractivity contribution in [1.29, 1.82) is 0 Å². The predicted octanol–water partition coefficient (Wildman–Crippen LogP) is 2.95. The number of ether oxygens (including phenoxy) is 1. The summed E-state index contributed by atoms with van der Waals surface area (Å²) in [5.41, 5.74) is 2.08. The van der Waals surface area contributed by atoms with Gasteiger partial charge in [-0.15, -0.1) is 0 Å². The molecule has 0 aliphatic rings. The fraction of sp³-hybridized carbons (Fsp3) is 0.438. The van der Waals surface area contributed by atoms with Gasteiger partial charge in [0.1, 0.15) is 0 Å². The normalized spacial score (nSPS) is 13.4. The molecule has 1 aromatic carbocycles. The second-order valence-electron chi connectivity index (χ2n) is 5.62. The van der Waals surface area contributed by atoms with Gasteiger partial charge in [0, 0.05) is 31.5 Å². The molecule has 0 radical (unpaired) electrons. The fourth-order valence-corrected chi connectivity index (χ4v) is 1.87. The standard InChI is InChI=1S/C16H23N3O/c1-13(17-12-16(2,3)20-4)14-10-18-19(11-14)15-8-6-5-7-9-15/h5-11,13,17H,12H2,1-4H3. The molecule has 0 fully saturated rings. The Morgan fingerprint density at radius 3 is 2.65 bits per heavy atom. The van der Waals surface area contributed by atoms with Crippen LogP contribution in [0.3, 0.4) is 0 Å². The second-order valence-corrected chi connectivity index (χ2v) is 5.62. The Morgan fingerprint density at radius 1 is 1.30 bits per heavy atom. The maximum Gasteiger partial charge on any atom is 0.0746 e. The van der Waals surface area contributed by atoms with Gasteiger partial charge in [-0.3, -0.25) is 0 Å². The van der Waals surface area contributed by atoms with E-state index >= 15 is 0 Å². The monoisotopic (exact) mass is 273 g/mol. The first-order chi connectivity index (χ1) is 9.52. The van der Waals surface area contributed by atoms with Crippen molar-refractivity contribution in [1.82, 2.24) is 15.1 Å². The molecule has 0 aliphatic heterocycles. The van der Waals surface area contributed by atoms with Crippen molar-refractivity contribution in [2.45, 2.75) is 32.4 Å². The van der Waals surface area contributed by atoms with Crippen LogP contribution in [0, 0.1) is 0 Å². The number of benzene rings is 1. The number of hydrogen-bond acceptors (Lipinski definition) is 3. The lowest BCUT2D eigenvalue weighted by Gasteiger charge is -2.25. The average molecular weight is 273 g/mol. The minimum Gasteiger partial charge on any atom is -0.377 e. The predicted molar refractivity (Wildman–Crippen MR) is 81.1 cm³/mol. The molecule has 1 N–H and O–H groups in total. The molecule has 0 bridgehead atoms. The van der Waals surface area contributed by atoms with E-state index in [4.69, 9.17) is 4.74 Å². The number of nitrogens with one attached hydrogen (secondary N) is 1. The first kappa shape index (κ1) is 14.8. The van der Waals surface area contributed by atoms with Crippen molar-refractivity contribution in [2.75, 3.05) is 13.7 Å². The number of rotatable bonds is 6. The largest absolute Gasteiger partial charge is 0.377 e. The number of nitrogens with zero attached hydrogens (tertiary/aromatic N) is 2. The first-order valence-electron chi connectivity index (χ1n) is 6.90. The van der Waals surface area contributed by atoms with Crippen LogP contribution in [0.5, 0.6) is 0 Å². The highest BCUT2D eigenvalue weighted by Crippen LogP contribution is 2.15. The van der Waals surface area contributed by atoms with Crippen LogP contribution >= 0.6 is 0 Å². The average Bonchev–Trinajstić information content (AvgIpc) is 2.96. The van der Waals surface area contributed by atoms with E-state index in [9.17, 15) is 0 Å². The third-order valence-electron chi connectivity index (χ3n) is 3.51. The van der Waals surface area contributed by atoms with Gasteiger partial charge in [0.05, 0.1) is 17.5 Å². The van der Waals surface area contributed by atoms with Gasteiger partial charge in [-0.2, -0.15) is 5.10 Å². The van der Waals surface area contributed by atoms with Crippen molar-refractivity contribution in [3.63, 3.8) is 0 Å². The van der Waals surface area contributed by atoms with E-state index in [0.717, 1.165) is 12.2 Å². The topological polar surface area (TPSA) is 39.1 Å². The molecule has 1 aromatic heterocycles. The molecular weight excluding hydrogens is 250 g/mol. The zero-order valence-electron chi connectivity index (χ0n) is 12.6. The molecule has 0 spiro atoms. The van der Waals surface area contributed by atoms with Crippen molar-refractivity contribution in [2.24, 2.45) is 0 Å². The van der Waals surface area contributed by atoms with Gasteiger partial charge in [-0.05, 0) is 32.9 Å². The summed E-state index contributed by atoms with van der Waals surface area (Å²) in [6.45, 7) is 7.07. The van der Waals surface area contributed by atoms with Crippen molar-refractivity contribution < 1.29 is 4.74 Å². The molecular formula is C16H23N3O. The summed E-state index contributed by atoms with van der Waals surface area (Å²) in [7, 11) is 1.74. The molecule has 0 saturated carbocycles. The van der Waals surface area contributed by atoms with Gasteiger partial charge in [0.2, 0.25) is 0 Å². The number of aromatic nitrogens is 2. The lowest BCUT2D eigenvalue weighted by atomic mass is 10.1. The molecule has 4 nitrogen and oxygen atoms in total. The highest BCUT2D eigenvalue weighted by Gasteiger charge is 2.18. The van der Waals surface area contributed by atoms with Crippen LogP contribution in [0.2, 0.25) is 0 Å². The Bertz CT molecular complexity index is 534. The molecule has 20 heavy (non-hydrogen) atoms. The Morgan fingerprint density at radius 2 is 2.00 bits per heavy atom. The Hall–Kier alpha value is -1.65. The van der Waals surface area contributed by atoms with Crippen molar-refractivity contribution in [3.05, 3.63) is 48.3 Å². The van der Waals surface area contributed by atoms with E-state index in [1.54, 1.807) is 7.11 Å². The van der Waals surface area contributed by atoms with Gasteiger partial charge < -0.3 is 10.1 Å². The molecule has 1 atom stereocenters. The van der Waals surface area contributed by atoms with E-state index in [-0.39, 0.29) is 11.6 Å². The Labute approximate surface area is 120 Å². The van der Waals surface area contributed by atoms with Crippen LogP contribution in [-0.2, 0) is 4.74 Å². The van der Waals surface area contributed by atoms with Crippen molar-refractivity contribution >= 4 is 0 Å². The molecule has 4 heteroatoms. The first-order valence-corrected chi connectivity index (χ1v) is 6.90. The third-order valence-corrected chi connectivity index (χ3v) is 3.51. The zero-order chi connectivity index (χ0) is 14.6. The molecule has 108 valence electrons. The lowest BCUT2D eigenvalue weighted by molar-refractivity contribution is 0.0214. The molecule has 2 rings (SSSR count). The summed E-state index contributed by atoms with van der Waals surface area (Å²) in [5, 5.41) is 7.89. The molecule has 1 heterocycles. The highest BCUT2D eigenvalue weighted by molar-refractivity contribution is 5.31. The maximum atomic E-state index is 5.42. The summed E-state index contributed by atoms with van der Waals surface area (Å²) >= 11 is 0. The van der Waals surface area contributed by atoms with Crippen LogP contribution < -0.4 is 5.32 Å². The second kappa shape index (κ2) is 6.20. The van der Waals surface area contributed by atoms with Crippen LogP contribution in [0.25, 0.3) is 5.69 Å². The van der Waals surface area contributed by atoms with Gasteiger partial charge >= 0.3 is 0 Å². The molecule has 1 unspecified atom stereocenters. The zero-order valence-corrected chi connectivity index (χ0v) is 12.6. The van der Waals surface area contributed by atoms with E-state index < -0.39 is 0 Å². The van der Waals surface area contributed by atoms with E-state index in [0.29, 0.717) is 0 Å². The maximum absolute atomic E-state index is 5.42. The van der Waals surface area contributed by atoms with Gasteiger partial charge in [-0.25, -0.2) is 4.68 Å². The van der Waals surface area contributed by atoms with Gasteiger partial charge in [0.15, 0.2) is 0 Å². The number of methoxy groups -OCH3 is 1. The SMILES string of the molecule is COC(C)(C)CNC(C)c1cnn(-c2ccccc2)c1. The van der Waals surface area contributed by atoms with Crippen LogP contribution in [0.4, 0.5) is 0 Å². The third kappa shape index (κ3) is 3.68. The summed E-state index contributed by atoms with van der Waals surface area (Å²) in [6.07, 6.45) is 3.97. The number of para-hydroxylation sites is 1. The summed E-state index contributed by atoms with van der Waals surface area (Å²) < 4.78 is 7.31. The van der Waals surface area contributed by atoms with Gasteiger partial charge in [-0.1, -0.05) is 18.2 Å². The molecule has 2 aromatic rings. The molecule has 0 aliphatic carbocycles. The Balaban J connectivity index is 2.02. The minimum absolute atomic E-state index is 0.163. The highest BCUT2D eigenvalue weighted by atomic mass is 16.5. The van der Waals surface area contributed by atoms with E-state index in [1.165, 1.54) is 5.56 Å². The van der Waals surface area contributed by atoms with E-state index in [2.05, 4.69) is 37.4 Å². The van der Waals surface area contributed by atoms with Gasteiger partial charge in [0.25, 0.3) is 0 Å². The summed E-state index contributed by atoms with van der Waals surface area (Å²) in [5.74, 6) is 0. The van der Waals surface area contributed by atoms with Crippen LogP contribution in [0.15, 0.2) is 42.7 Å². The fourth-order valence-electron chi connectivity index (χ4n) is 1.87. The molecule has 0 amide bonds. The van der Waals surface area contributed by atoms with Crippen molar-refractivity contribution in [3.8, 4) is 5.69 Å². The van der Waals surface area contributed by atoms with Crippen LogP contribution in [-0.4, -0.2) is 29.0 Å². The smallest absolute Gasteiger partial charge is 0.0746 e. The quantitative estimate of drug-likeness (QED) is 0.879. The minimum atomic E-state index is -0.163. The summed E-state index contributed by atoms with van der Waals surface area (Å²) in [6, 6.07) is 10.4. The number of hydrogen-bond donors (Lipinski definition) is 1.